The molecule has 0 atom stereocenters. The van der Waals surface area contributed by atoms with E-state index in [0.717, 1.165) is 71.6 Å². The Morgan fingerprint density at radius 2 is 0.477 bits per heavy atom. The highest BCUT2D eigenvalue weighted by molar-refractivity contribution is 5.95. The number of carbonyl (C=O) groups is 2. The fourth-order valence-electron chi connectivity index (χ4n) is 11.3. The number of hydrogen-bond acceptors (Lipinski definition) is 4. The molecule has 3 saturated carbocycles. The Hall–Kier alpha value is -1.14. The van der Waals surface area contributed by atoms with E-state index in [1.54, 1.807) is 0 Å². The molecule has 65 heavy (non-hydrogen) atoms. The number of unbranched alkanes of at least 4 members (excludes halogenated alkanes) is 36. The topological polar surface area (TPSA) is 64.7 Å². The first-order chi connectivity index (χ1) is 31.9. The number of carbonyl (C=O) groups excluding carboxylic acids is 2. The fraction of sp³-hybridized carbons (Fsp3) is 0.966. The molecular formula is C59H116N4O2. The number of rotatable bonds is 52. The monoisotopic (exact) mass is 913 g/mol. The van der Waals surface area contributed by atoms with Crippen molar-refractivity contribution in [2.75, 3.05) is 52.4 Å². The summed E-state index contributed by atoms with van der Waals surface area (Å²) in [5.74, 6) is 0.424. The maximum Gasteiger partial charge on any atom is 0.226 e. The smallest absolute Gasteiger partial charge is 0.226 e. The molecule has 6 heteroatoms. The molecule has 6 nitrogen and oxygen atoms in total. The zero-order chi connectivity index (χ0) is 46.8. The van der Waals surface area contributed by atoms with Crippen LogP contribution in [0.15, 0.2) is 0 Å². The van der Waals surface area contributed by atoms with E-state index < -0.39 is 0 Å². The average Bonchev–Trinajstić information content (AvgIpc) is 3.27. The van der Waals surface area contributed by atoms with Gasteiger partial charge in [0.1, 0.15) is 0 Å². The zero-order valence-corrected chi connectivity index (χ0v) is 44.8. The van der Waals surface area contributed by atoms with Gasteiger partial charge >= 0.3 is 0 Å². The molecule has 0 heterocycles. The molecule has 2 bridgehead atoms. The van der Waals surface area contributed by atoms with Gasteiger partial charge in [0, 0.05) is 26.2 Å². The van der Waals surface area contributed by atoms with Gasteiger partial charge in [0.25, 0.3) is 0 Å². The normalized spacial score (nSPS) is 17.8. The second-order valence-electron chi connectivity index (χ2n) is 22.0. The minimum absolute atomic E-state index is 0.212. The number of nitrogens with one attached hydrogen (secondary N) is 2. The van der Waals surface area contributed by atoms with Crippen LogP contribution in [0, 0.1) is 10.8 Å². The lowest BCUT2D eigenvalue weighted by atomic mass is 9.34. The molecule has 0 unspecified atom stereocenters. The van der Waals surface area contributed by atoms with Crippen molar-refractivity contribution in [3.63, 3.8) is 0 Å². The van der Waals surface area contributed by atoms with Crippen LogP contribution in [0.25, 0.3) is 0 Å². The van der Waals surface area contributed by atoms with Crippen LogP contribution >= 0.6 is 0 Å². The molecule has 2 N–H and O–H groups in total. The highest BCUT2D eigenvalue weighted by Gasteiger charge is 2.74. The summed E-state index contributed by atoms with van der Waals surface area (Å²) < 4.78 is 0. The molecule has 3 rings (SSSR count). The highest BCUT2D eigenvalue weighted by Crippen LogP contribution is 2.73. The van der Waals surface area contributed by atoms with Crippen LogP contribution in [0.4, 0.5) is 0 Å². The van der Waals surface area contributed by atoms with Crippen LogP contribution in [-0.2, 0) is 9.59 Å². The van der Waals surface area contributed by atoms with Crippen LogP contribution < -0.4 is 10.6 Å². The summed E-state index contributed by atoms with van der Waals surface area (Å²) in [5, 5.41) is 6.72. The fourth-order valence-corrected chi connectivity index (χ4v) is 11.3. The van der Waals surface area contributed by atoms with Crippen LogP contribution in [-0.4, -0.2) is 74.0 Å². The summed E-state index contributed by atoms with van der Waals surface area (Å²) in [6.45, 7) is 17.2. The van der Waals surface area contributed by atoms with Gasteiger partial charge in [-0.25, -0.2) is 0 Å². The quantitative estimate of drug-likeness (QED) is 0.0597. The molecule has 0 aromatic heterocycles. The Balaban J connectivity index is 1.70. The summed E-state index contributed by atoms with van der Waals surface area (Å²) in [4.78, 5) is 32.3. The summed E-state index contributed by atoms with van der Waals surface area (Å²) in [6.07, 6.45) is 57.2. The van der Waals surface area contributed by atoms with Gasteiger partial charge in [-0.2, -0.15) is 0 Å². The van der Waals surface area contributed by atoms with E-state index in [-0.39, 0.29) is 22.6 Å². The molecule has 0 saturated heterocycles. The molecule has 3 aliphatic rings. The molecule has 0 radical (unpaired) electrons. The molecule has 3 fully saturated rings. The minimum atomic E-state index is -0.285. The van der Waals surface area contributed by atoms with Crippen molar-refractivity contribution in [1.82, 2.24) is 20.4 Å². The van der Waals surface area contributed by atoms with Crippen molar-refractivity contribution in [3.8, 4) is 0 Å². The van der Waals surface area contributed by atoms with Crippen LogP contribution in [0.3, 0.4) is 0 Å². The maximum atomic E-state index is 13.5. The van der Waals surface area contributed by atoms with Gasteiger partial charge in [-0.05, 0) is 71.1 Å². The molecule has 384 valence electrons. The highest BCUT2D eigenvalue weighted by atomic mass is 16.2. The molecule has 0 aromatic carbocycles. The second-order valence-corrected chi connectivity index (χ2v) is 22.0. The van der Waals surface area contributed by atoms with Crippen LogP contribution in [0.2, 0.25) is 0 Å². The lowest BCUT2D eigenvalue weighted by Gasteiger charge is -2.67. The van der Waals surface area contributed by atoms with Crippen LogP contribution in [0.1, 0.15) is 304 Å². The van der Waals surface area contributed by atoms with Crippen molar-refractivity contribution < 1.29 is 9.59 Å². The Kier molecular flexibility index (Phi) is 38.6. The van der Waals surface area contributed by atoms with Gasteiger partial charge in [0.05, 0.1) is 10.8 Å². The Morgan fingerprint density at radius 3 is 0.677 bits per heavy atom. The first-order valence-corrected chi connectivity index (χ1v) is 30.0. The van der Waals surface area contributed by atoms with Gasteiger partial charge in [-0.15, -0.1) is 0 Å². The Bertz CT molecular complexity index is 933. The van der Waals surface area contributed by atoms with E-state index in [4.69, 9.17) is 0 Å². The maximum absolute atomic E-state index is 13.5. The summed E-state index contributed by atoms with van der Waals surface area (Å²) >= 11 is 0. The minimum Gasteiger partial charge on any atom is -0.354 e. The van der Waals surface area contributed by atoms with E-state index in [2.05, 4.69) is 48.1 Å². The summed E-state index contributed by atoms with van der Waals surface area (Å²) in [5.41, 5.74) is -0.571. The zero-order valence-electron chi connectivity index (χ0n) is 44.8. The van der Waals surface area contributed by atoms with E-state index in [1.807, 2.05) is 0 Å². The van der Waals surface area contributed by atoms with Gasteiger partial charge in [-0.1, -0.05) is 259 Å². The van der Waals surface area contributed by atoms with Gasteiger partial charge < -0.3 is 20.4 Å². The van der Waals surface area contributed by atoms with Crippen molar-refractivity contribution in [1.29, 1.82) is 0 Å². The van der Waals surface area contributed by atoms with E-state index in [1.165, 1.54) is 257 Å². The molecule has 3 aliphatic carbocycles. The Morgan fingerprint density at radius 1 is 0.292 bits per heavy atom. The van der Waals surface area contributed by atoms with Crippen molar-refractivity contribution in [2.24, 2.45) is 10.8 Å². The number of amides is 2. The lowest BCUT2D eigenvalue weighted by Crippen LogP contribution is -2.72. The van der Waals surface area contributed by atoms with Crippen LogP contribution in [0.5, 0.6) is 0 Å². The van der Waals surface area contributed by atoms with Crippen molar-refractivity contribution in [2.45, 2.75) is 304 Å². The van der Waals surface area contributed by atoms with Gasteiger partial charge in [0.15, 0.2) is 0 Å². The second kappa shape index (κ2) is 41.8. The predicted octanol–water partition coefficient (Wildman–Crippen LogP) is 16.7. The van der Waals surface area contributed by atoms with Crippen molar-refractivity contribution in [3.05, 3.63) is 0 Å². The summed E-state index contributed by atoms with van der Waals surface area (Å²) in [6, 6.07) is 0. The van der Waals surface area contributed by atoms with Crippen molar-refractivity contribution >= 4 is 11.8 Å². The van der Waals surface area contributed by atoms with E-state index in [0.29, 0.717) is 0 Å². The first kappa shape index (κ1) is 60.0. The molecule has 0 aromatic rings. The van der Waals surface area contributed by atoms with E-state index in [9.17, 15) is 9.59 Å². The number of nitrogens with zero attached hydrogens (tertiary/aromatic N) is 2. The largest absolute Gasteiger partial charge is 0.354 e. The molecule has 0 aliphatic heterocycles. The molecule has 2 amide bonds. The average molecular weight is 914 g/mol. The third kappa shape index (κ3) is 29.5. The van der Waals surface area contributed by atoms with Gasteiger partial charge in [-0.3, -0.25) is 9.59 Å². The van der Waals surface area contributed by atoms with E-state index >= 15 is 0 Å². The third-order valence-corrected chi connectivity index (χ3v) is 15.7. The summed E-state index contributed by atoms with van der Waals surface area (Å²) in [7, 11) is 0. The molecule has 0 spiro atoms. The predicted molar refractivity (Wildman–Crippen MR) is 285 cm³/mol. The van der Waals surface area contributed by atoms with Gasteiger partial charge in [0.2, 0.25) is 11.8 Å². The first-order valence-electron chi connectivity index (χ1n) is 30.0. The lowest BCUT2D eigenvalue weighted by molar-refractivity contribution is -0.208. The molecular weight excluding hydrogens is 797 g/mol. The number of hydrogen-bond donors (Lipinski definition) is 2. The standard InChI is InChI=1S/C59H116N4O2/c1-5-9-13-17-21-25-29-33-37-41-47-62(48-42-38-34-30-26-22-18-14-10-6-2)51-45-60-56(64)58-53-59(54-58,55-58)57(65)61-46-52-63(49-43-39-35-31-27-23-19-15-11-7-3)50-44-40-36-32-28-24-20-16-12-8-4/h5-55H2,1-4H3,(H,60,64)(H,61,65). The third-order valence-electron chi connectivity index (χ3n) is 15.7. The Labute approximate surface area is 407 Å². The SMILES string of the molecule is CCCCCCCCCCCCN(CCCCCCCCCCCC)CCNC(=O)C12CC(C(=O)NCCN(CCCCCCCCCCCC)CCCCCCCCCCCC)(C1)C2.